The van der Waals surface area contributed by atoms with Crippen molar-refractivity contribution < 1.29 is 14.3 Å². The number of fused-ring (bicyclic) bond motifs is 2. The van der Waals surface area contributed by atoms with Gasteiger partial charge >= 0.3 is 5.97 Å². The minimum absolute atomic E-state index is 0.108. The van der Waals surface area contributed by atoms with Gasteiger partial charge in [-0.3, -0.25) is 4.79 Å². The van der Waals surface area contributed by atoms with Crippen LogP contribution in [0.4, 0.5) is 0 Å². The van der Waals surface area contributed by atoms with Crippen molar-refractivity contribution in [2.45, 2.75) is 68.6 Å². The van der Waals surface area contributed by atoms with Crippen LogP contribution in [0.2, 0.25) is 0 Å². The van der Waals surface area contributed by atoms with Gasteiger partial charge in [0.1, 0.15) is 11.4 Å². The average molecular weight is 454 g/mol. The summed E-state index contributed by atoms with van der Waals surface area (Å²) < 4.78 is 11.6. The van der Waals surface area contributed by atoms with Crippen molar-refractivity contribution in [1.82, 2.24) is 4.90 Å². The third kappa shape index (κ3) is 5.49. The molecule has 0 atom stereocenters. The van der Waals surface area contributed by atoms with E-state index in [4.69, 9.17) is 9.47 Å². The van der Waals surface area contributed by atoms with E-state index in [1.165, 1.54) is 21.6 Å². The highest BCUT2D eigenvalue weighted by Crippen LogP contribution is 2.46. The molecule has 1 spiro atoms. The van der Waals surface area contributed by atoms with Gasteiger partial charge in [-0.15, -0.1) is 11.8 Å². The van der Waals surface area contributed by atoms with Gasteiger partial charge in [-0.2, -0.15) is 0 Å². The second-order valence-corrected chi connectivity index (χ2v) is 11.2. The van der Waals surface area contributed by atoms with Gasteiger partial charge in [0.15, 0.2) is 0 Å². The number of carbonyl (C=O) groups is 1. The van der Waals surface area contributed by atoms with Crippen molar-refractivity contribution in [3.8, 4) is 5.75 Å². The van der Waals surface area contributed by atoms with E-state index in [2.05, 4.69) is 54.3 Å². The van der Waals surface area contributed by atoms with E-state index in [1.54, 1.807) is 0 Å². The maximum Gasteiger partial charge on any atom is 0.307 e. The molecule has 4 rings (SSSR count). The van der Waals surface area contributed by atoms with Crippen LogP contribution in [0.1, 0.15) is 56.7 Å². The lowest BCUT2D eigenvalue weighted by Gasteiger charge is -2.38. The molecule has 2 aromatic carbocycles. The molecule has 1 saturated heterocycles. The van der Waals surface area contributed by atoms with Crippen LogP contribution in [-0.4, -0.2) is 42.7 Å². The average Bonchev–Trinajstić information content (AvgIpc) is 3.09. The summed E-state index contributed by atoms with van der Waals surface area (Å²) in [6.07, 6.45) is 2.60. The molecule has 172 valence electrons. The van der Waals surface area contributed by atoms with E-state index in [-0.39, 0.29) is 11.4 Å². The summed E-state index contributed by atoms with van der Waals surface area (Å²) in [5.74, 6) is 1.92. The van der Waals surface area contributed by atoms with Gasteiger partial charge in [0.05, 0.1) is 13.0 Å². The van der Waals surface area contributed by atoms with Crippen molar-refractivity contribution in [2.24, 2.45) is 0 Å². The van der Waals surface area contributed by atoms with Crippen molar-refractivity contribution in [2.75, 3.05) is 26.2 Å². The van der Waals surface area contributed by atoms with Crippen LogP contribution in [0.25, 0.3) is 0 Å². The molecule has 2 aliphatic rings. The van der Waals surface area contributed by atoms with Gasteiger partial charge in [0.2, 0.25) is 0 Å². The van der Waals surface area contributed by atoms with Gasteiger partial charge in [0, 0.05) is 28.2 Å². The number of rotatable bonds is 6. The minimum Gasteiger partial charge on any atom is -0.492 e. The number of thioether (sulfide) groups is 1. The Hall–Kier alpha value is -1.98. The number of nitrogens with zero attached hydrogens (tertiary/aromatic N) is 1. The molecule has 2 heterocycles. The highest BCUT2D eigenvalue weighted by atomic mass is 32.2. The fraction of sp³-hybridized carbons (Fsp3) is 0.519. The molecule has 0 bridgehead atoms. The van der Waals surface area contributed by atoms with Crippen LogP contribution in [0.3, 0.4) is 0 Å². The van der Waals surface area contributed by atoms with E-state index in [1.807, 2.05) is 32.5 Å². The Morgan fingerprint density at radius 2 is 1.91 bits per heavy atom. The van der Waals surface area contributed by atoms with Crippen LogP contribution >= 0.6 is 11.8 Å². The van der Waals surface area contributed by atoms with Crippen molar-refractivity contribution >= 4 is 17.7 Å². The molecule has 0 amide bonds. The molecule has 1 fully saturated rings. The van der Waals surface area contributed by atoms with Gasteiger partial charge < -0.3 is 14.4 Å². The van der Waals surface area contributed by atoms with Crippen LogP contribution < -0.4 is 4.74 Å². The smallest absolute Gasteiger partial charge is 0.307 e. The van der Waals surface area contributed by atoms with E-state index in [9.17, 15) is 4.79 Å². The number of benzene rings is 2. The second-order valence-electron chi connectivity index (χ2n) is 10.1. The Kier molecular flexibility index (Phi) is 6.87. The van der Waals surface area contributed by atoms with E-state index in [0.717, 1.165) is 50.6 Å². The van der Waals surface area contributed by atoms with E-state index < -0.39 is 5.60 Å². The van der Waals surface area contributed by atoms with Crippen LogP contribution in [0.5, 0.6) is 5.75 Å². The Balaban J connectivity index is 1.32. The molecule has 0 N–H and O–H groups in total. The summed E-state index contributed by atoms with van der Waals surface area (Å²) in [4.78, 5) is 15.7. The lowest BCUT2D eigenvalue weighted by molar-refractivity contribution is -0.155. The van der Waals surface area contributed by atoms with Crippen LogP contribution in [0, 0.1) is 6.92 Å². The Labute approximate surface area is 196 Å². The van der Waals surface area contributed by atoms with Gasteiger partial charge in [0.25, 0.3) is 0 Å². The molecule has 0 saturated carbocycles. The molecule has 2 aliphatic heterocycles. The zero-order valence-electron chi connectivity index (χ0n) is 19.8. The molecule has 0 aromatic heterocycles. The predicted molar refractivity (Wildman–Crippen MR) is 130 cm³/mol. The first-order valence-corrected chi connectivity index (χ1v) is 12.6. The number of carbonyl (C=O) groups excluding carboxylic acids is 1. The maximum absolute atomic E-state index is 12.0. The third-order valence-corrected chi connectivity index (χ3v) is 7.59. The summed E-state index contributed by atoms with van der Waals surface area (Å²) in [7, 11) is 0. The lowest BCUT2D eigenvalue weighted by Crippen LogP contribution is -2.44. The first-order chi connectivity index (χ1) is 15.2. The monoisotopic (exact) mass is 453 g/mol. The Morgan fingerprint density at radius 3 is 2.62 bits per heavy atom. The Bertz CT molecular complexity index is 958. The van der Waals surface area contributed by atoms with Crippen LogP contribution in [-0.2, 0) is 20.7 Å². The number of likely N-dealkylation sites (tertiary alicyclic amines) is 1. The fourth-order valence-corrected chi connectivity index (χ4v) is 5.64. The van der Waals surface area contributed by atoms with Crippen molar-refractivity contribution in [3.63, 3.8) is 0 Å². The summed E-state index contributed by atoms with van der Waals surface area (Å²) in [5.41, 5.74) is 3.80. The number of esters is 1. The predicted octanol–water partition coefficient (Wildman–Crippen LogP) is 5.75. The number of ether oxygens (including phenoxy) is 2. The lowest BCUT2D eigenvalue weighted by atomic mass is 9.74. The largest absolute Gasteiger partial charge is 0.492 e. The van der Waals surface area contributed by atoms with Gasteiger partial charge in [-0.1, -0.05) is 30.3 Å². The quantitative estimate of drug-likeness (QED) is 0.412. The van der Waals surface area contributed by atoms with Crippen LogP contribution in [0.15, 0.2) is 47.4 Å². The topological polar surface area (TPSA) is 38.8 Å². The summed E-state index contributed by atoms with van der Waals surface area (Å²) in [6, 6.07) is 15.4. The SMILES string of the molecule is Cc1ccccc1CSc1ccc2c(c1)OCC21CCN(CCC(=O)OC(C)(C)C)CC1. The van der Waals surface area contributed by atoms with E-state index in [0.29, 0.717) is 6.42 Å². The standard InChI is InChI=1S/C27H35NO3S/c1-20-7-5-6-8-21(20)18-32-22-9-10-23-24(17-22)30-19-27(23)12-15-28(16-13-27)14-11-25(29)31-26(2,3)4/h5-10,17H,11-16,18-19H2,1-4H3. The Morgan fingerprint density at radius 1 is 1.16 bits per heavy atom. The molecule has 32 heavy (non-hydrogen) atoms. The highest BCUT2D eigenvalue weighted by Gasteiger charge is 2.43. The highest BCUT2D eigenvalue weighted by molar-refractivity contribution is 7.98. The fourth-order valence-electron chi connectivity index (χ4n) is 4.64. The number of aryl methyl sites for hydroxylation is 1. The summed E-state index contributed by atoms with van der Waals surface area (Å²) in [5, 5.41) is 0. The van der Waals surface area contributed by atoms with Gasteiger partial charge in [-0.25, -0.2) is 0 Å². The van der Waals surface area contributed by atoms with Crippen molar-refractivity contribution in [1.29, 1.82) is 0 Å². The summed E-state index contributed by atoms with van der Waals surface area (Å²) >= 11 is 1.87. The molecular weight excluding hydrogens is 418 g/mol. The zero-order chi connectivity index (χ0) is 22.8. The van der Waals surface area contributed by atoms with Gasteiger partial charge in [-0.05, 0) is 76.9 Å². The summed E-state index contributed by atoms with van der Waals surface area (Å²) in [6.45, 7) is 11.5. The van der Waals surface area contributed by atoms with E-state index >= 15 is 0 Å². The molecule has 5 heteroatoms. The molecule has 4 nitrogen and oxygen atoms in total. The number of piperidine rings is 1. The molecule has 0 unspecified atom stereocenters. The third-order valence-electron chi connectivity index (χ3n) is 6.55. The first-order valence-electron chi connectivity index (χ1n) is 11.6. The first kappa shape index (κ1) is 23.2. The molecule has 0 radical (unpaired) electrons. The molecule has 0 aliphatic carbocycles. The number of hydrogen-bond acceptors (Lipinski definition) is 5. The second kappa shape index (κ2) is 9.48. The minimum atomic E-state index is -0.412. The number of hydrogen-bond donors (Lipinski definition) is 0. The molecular formula is C27H35NO3S. The van der Waals surface area contributed by atoms with Crippen molar-refractivity contribution in [3.05, 3.63) is 59.2 Å². The molecule has 2 aromatic rings. The normalized spacial score (nSPS) is 17.8. The maximum atomic E-state index is 12.0. The zero-order valence-corrected chi connectivity index (χ0v) is 20.6.